The van der Waals surface area contributed by atoms with E-state index in [9.17, 15) is 0 Å². The molecular weight excluding hydrogens is 256 g/mol. The van der Waals surface area contributed by atoms with Gasteiger partial charge in [0, 0.05) is 42.9 Å². The van der Waals surface area contributed by atoms with Crippen LogP contribution in [0.2, 0.25) is 0 Å². The third kappa shape index (κ3) is 4.62. The second-order valence-electron chi connectivity index (χ2n) is 6.62. The maximum atomic E-state index is 5.81. The van der Waals surface area contributed by atoms with E-state index in [-0.39, 0.29) is 0 Å². The van der Waals surface area contributed by atoms with Gasteiger partial charge < -0.3 is 15.0 Å². The molecule has 2 saturated heterocycles. The van der Waals surface area contributed by atoms with Gasteiger partial charge in [0.1, 0.15) is 0 Å². The molecule has 0 amide bonds. The van der Waals surface area contributed by atoms with E-state index >= 15 is 0 Å². The van der Waals surface area contributed by atoms with Gasteiger partial charge in [-0.25, -0.2) is 0 Å². The zero-order chi connectivity index (χ0) is 13.7. The third-order valence-electron chi connectivity index (χ3n) is 4.40. The molecule has 2 unspecified atom stereocenters. The highest BCUT2D eigenvalue weighted by atomic mass is 32.2. The van der Waals surface area contributed by atoms with Crippen molar-refractivity contribution in [2.75, 3.05) is 44.9 Å². The summed E-state index contributed by atoms with van der Waals surface area (Å²) >= 11 is 2.10. The molecule has 0 radical (unpaired) electrons. The van der Waals surface area contributed by atoms with E-state index in [1.807, 2.05) is 0 Å². The lowest BCUT2D eigenvalue weighted by Crippen LogP contribution is -2.51. The molecule has 0 aliphatic carbocycles. The van der Waals surface area contributed by atoms with Gasteiger partial charge in [-0.2, -0.15) is 11.8 Å². The van der Waals surface area contributed by atoms with Crippen LogP contribution in [0.25, 0.3) is 0 Å². The van der Waals surface area contributed by atoms with E-state index in [0.717, 1.165) is 25.8 Å². The van der Waals surface area contributed by atoms with Crippen LogP contribution in [-0.4, -0.2) is 61.8 Å². The van der Waals surface area contributed by atoms with Gasteiger partial charge in [-0.05, 0) is 32.1 Å². The predicted molar refractivity (Wildman–Crippen MR) is 84.0 cm³/mol. The zero-order valence-corrected chi connectivity index (χ0v) is 13.6. The van der Waals surface area contributed by atoms with Gasteiger partial charge in [-0.15, -0.1) is 0 Å². The lowest BCUT2D eigenvalue weighted by atomic mass is 9.81. The van der Waals surface area contributed by atoms with Gasteiger partial charge in [0.25, 0.3) is 0 Å². The van der Waals surface area contributed by atoms with Crippen LogP contribution in [0.4, 0.5) is 0 Å². The fraction of sp³-hybridized carbons (Fsp3) is 1.00. The van der Waals surface area contributed by atoms with E-state index < -0.39 is 0 Å². The van der Waals surface area contributed by atoms with E-state index in [1.54, 1.807) is 0 Å². The third-order valence-corrected chi connectivity index (χ3v) is 5.55. The molecule has 0 aromatic rings. The molecule has 0 bridgehead atoms. The molecule has 0 saturated carbocycles. The Morgan fingerprint density at radius 1 is 1.47 bits per heavy atom. The molecule has 2 aliphatic heterocycles. The van der Waals surface area contributed by atoms with Crippen LogP contribution >= 0.6 is 11.8 Å². The topological polar surface area (TPSA) is 24.5 Å². The quantitative estimate of drug-likeness (QED) is 0.809. The molecule has 19 heavy (non-hydrogen) atoms. The lowest BCUT2D eigenvalue weighted by Gasteiger charge is -2.42. The minimum absolute atomic E-state index is 0.324. The minimum Gasteiger partial charge on any atom is -0.381 e. The molecule has 2 rings (SSSR count). The van der Waals surface area contributed by atoms with E-state index in [2.05, 4.69) is 42.9 Å². The van der Waals surface area contributed by atoms with Gasteiger partial charge in [0.2, 0.25) is 0 Å². The maximum absolute atomic E-state index is 5.81. The molecule has 2 heterocycles. The Morgan fingerprint density at radius 3 is 2.89 bits per heavy atom. The first-order chi connectivity index (χ1) is 9.11. The average molecular weight is 286 g/mol. The first kappa shape index (κ1) is 15.6. The van der Waals surface area contributed by atoms with Crippen molar-refractivity contribution < 1.29 is 4.74 Å². The highest BCUT2D eigenvalue weighted by molar-refractivity contribution is 7.99. The summed E-state index contributed by atoms with van der Waals surface area (Å²) in [7, 11) is 2.31. The number of nitrogens with zero attached hydrogens (tertiary/aromatic N) is 1. The van der Waals surface area contributed by atoms with Crippen LogP contribution in [0.1, 0.15) is 33.1 Å². The van der Waals surface area contributed by atoms with Crippen LogP contribution in [0.3, 0.4) is 0 Å². The fourth-order valence-electron chi connectivity index (χ4n) is 3.18. The summed E-state index contributed by atoms with van der Waals surface area (Å²) in [5.74, 6) is 2.65. The number of nitrogens with one attached hydrogen (secondary N) is 1. The van der Waals surface area contributed by atoms with E-state index in [0.29, 0.717) is 11.5 Å². The lowest BCUT2D eigenvalue weighted by molar-refractivity contribution is -0.0277. The molecule has 1 N–H and O–H groups in total. The Hall–Kier alpha value is 0.230. The summed E-state index contributed by atoms with van der Waals surface area (Å²) in [6.07, 6.45) is 3.87. The van der Waals surface area contributed by atoms with E-state index in [4.69, 9.17) is 4.74 Å². The molecule has 2 fully saturated rings. The van der Waals surface area contributed by atoms with Crippen LogP contribution in [-0.2, 0) is 4.74 Å². The van der Waals surface area contributed by atoms with Crippen molar-refractivity contribution in [3.05, 3.63) is 0 Å². The first-order valence-corrected chi connectivity index (χ1v) is 8.86. The van der Waals surface area contributed by atoms with Crippen LogP contribution in [0, 0.1) is 5.41 Å². The Morgan fingerprint density at radius 2 is 2.32 bits per heavy atom. The van der Waals surface area contributed by atoms with Crippen LogP contribution in [0.15, 0.2) is 0 Å². The molecule has 3 nitrogen and oxygen atoms in total. The normalized spacial score (nSPS) is 32.4. The second-order valence-corrected chi connectivity index (χ2v) is 7.77. The molecule has 2 aliphatic rings. The Labute approximate surface area is 122 Å². The summed E-state index contributed by atoms with van der Waals surface area (Å²) in [6, 6.07) is 1.34. The van der Waals surface area contributed by atoms with Crippen molar-refractivity contribution in [2.45, 2.75) is 45.2 Å². The van der Waals surface area contributed by atoms with Gasteiger partial charge >= 0.3 is 0 Å². The molecule has 0 spiro atoms. The minimum atomic E-state index is 0.324. The summed E-state index contributed by atoms with van der Waals surface area (Å²) in [5, 5.41) is 3.64. The average Bonchev–Trinajstić information content (AvgIpc) is 2.92. The number of ether oxygens (including phenoxy) is 1. The number of hydrogen-bond acceptors (Lipinski definition) is 4. The molecular formula is C15H30N2OS. The van der Waals surface area contributed by atoms with Crippen molar-refractivity contribution in [3.8, 4) is 0 Å². The number of hydrogen-bond donors (Lipinski definition) is 1. The highest BCUT2D eigenvalue weighted by Gasteiger charge is 2.36. The first-order valence-electron chi connectivity index (χ1n) is 7.70. The number of rotatable bonds is 6. The van der Waals surface area contributed by atoms with E-state index in [1.165, 1.54) is 37.3 Å². The molecule has 112 valence electrons. The Kier molecular flexibility index (Phi) is 6.00. The predicted octanol–water partition coefficient (Wildman–Crippen LogP) is 2.22. The summed E-state index contributed by atoms with van der Waals surface area (Å²) < 4.78 is 5.81. The monoisotopic (exact) mass is 286 g/mol. The smallest absolute Gasteiger partial charge is 0.0546 e. The number of thioether (sulfide) groups is 1. The fourth-order valence-corrected chi connectivity index (χ4v) is 4.48. The van der Waals surface area contributed by atoms with Gasteiger partial charge in [0.15, 0.2) is 0 Å². The van der Waals surface area contributed by atoms with Crippen molar-refractivity contribution in [1.29, 1.82) is 0 Å². The van der Waals surface area contributed by atoms with Crippen molar-refractivity contribution >= 4 is 11.8 Å². The maximum Gasteiger partial charge on any atom is 0.0546 e. The highest BCUT2D eigenvalue weighted by Crippen LogP contribution is 2.31. The molecule has 2 atom stereocenters. The largest absolute Gasteiger partial charge is 0.381 e. The summed E-state index contributed by atoms with van der Waals surface area (Å²) in [5.41, 5.74) is 0.324. The summed E-state index contributed by atoms with van der Waals surface area (Å²) in [6.45, 7) is 8.61. The van der Waals surface area contributed by atoms with Gasteiger partial charge in [-0.1, -0.05) is 13.8 Å². The van der Waals surface area contributed by atoms with Gasteiger partial charge in [0.05, 0.1) is 6.61 Å². The molecule has 0 aromatic heterocycles. The summed E-state index contributed by atoms with van der Waals surface area (Å²) in [4.78, 5) is 2.59. The Balaban J connectivity index is 1.91. The molecule has 0 aromatic carbocycles. The van der Waals surface area contributed by atoms with Crippen molar-refractivity contribution in [1.82, 2.24) is 10.2 Å². The zero-order valence-electron chi connectivity index (χ0n) is 12.8. The second kappa shape index (κ2) is 7.30. The van der Waals surface area contributed by atoms with Gasteiger partial charge in [-0.3, -0.25) is 0 Å². The van der Waals surface area contributed by atoms with Crippen molar-refractivity contribution in [2.24, 2.45) is 5.41 Å². The van der Waals surface area contributed by atoms with Crippen molar-refractivity contribution in [3.63, 3.8) is 0 Å². The van der Waals surface area contributed by atoms with Crippen LogP contribution in [0.5, 0.6) is 0 Å². The standard InChI is InChI=1S/C15H30N2OS/c1-13(2)16-10-15(6-4-7-18-12-15)11-17(3)14-5-8-19-9-14/h13-14,16H,4-12H2,1-3H3. The van der Waals surface area contributed by atoms with Crippen LogP contribution < -0.4 is 5.32 Å². The molecule has 4 heteroatoms. The SMILES string of the molecule is CC(C)NCC1(CN(C)C2CCSC2)CCCOC1. The Bertz CT molecular complexity index is 261.